The van der Waals surface area contributed by atoms with E-state index in [2.05, 4.69) is 65.9 Å². The second-order valence-corrected chi connectivity index (χ2v) is 6.84. The Labute approximate surface area is 165 Å². The molecule has 4 rings (SSSR count). The lowest BCUT2D eigenvalue weighted by Crippen LogP contribution is -2.37. The highest BCUT2D eigenvalue weighted by Crippen LogP contribution is 2.36. The number of fused-ring (bicyclic) bond motifs is 1. The first-order valence-corrected chi connectivity index (χ1v) is 9.21. The maximum atomic E-state index is 5.58. The number of ether oxygens (including phenoxy) is 2. The summed E-state index contributed by atoms with van der Waals surface area (Å²) >= 11 is 0. The number of methoxy groups -OCH3 is 2. The van der Waals surface area contributed by atoms with E-state index in [0.717, 1.165) is 39.2 Å². The summed E-state index contributed by atoms with van der Waals surface area (Å²) in [5.74, 6) is 1.44. The molecule has 0 aliphatic rings. The van der Waals surface area contributed by atoms with E-state index in [0.29, 0.717) is 5.75 Å². The van der Waals surface area contributed by atoms with Gasteiger partial charge in [-0.15, -0.1) is 0 Å². The first-order chi connectivity index (χ1) is 13.6. The van der Waals surface area contributed by atoms with Crippen molar-refractivity contribution in [3.63, 3.8) is 0 Å². The van der Waals surface area contributed by atoms with Crippen molar-refractivity contribution in [2.45, 2.75) is 13.8 Å². The SMILES string of the molecule is COc1cc2cc(C)[n+](-c3cccnc3)c(-c3ccc(C)cc3)c2cc1OC. The summed E-state index contributed by atoms with van der Waals surface area (Å²) in [6.45, 7) is 4.21. The summed E-state index contributed by atoms with van der Waals surface area (Å²) in [5.41, 5.74) is 5.60. The second kappa shape index (κ2) is 7.31. The second-order valence-electron chi connectivity index (χ2n) is 6.84. The van der Waals surface area contributed by atoms with Gasteiger partial charge < -0.3 is 9.47 Å². The fourth-order valence-electron chi connectivity index (χ4n) is 3.62. The summed E-state index contributed by atoms with van der Waals surface area (Å²) < 4.78 is 13.3. The van der Waals surface area contributed by atoms with Crippen LogP contribution in [0.5, 0.6) is 11.5 Å². The zero-order valence-corrected chi connectivity index (χ0v) is 16.6. The van der Waals surface area contributed by atoms with E-state index in [1.807, 2.05) is 18.3 Å². The van der Waals surface area contributed by atoms with Gasteiger partial charge in [-0.2, -0.15) is 4.57 Å². The topological polar surface area (TPSA) is 35.2 Å². The Morgan fingerprint density at radius 2 is 1.57 bits per heavy atom. The lowest BCUT2D eigenvalue weighted by molar-refractivity contribution is -0.589. The van der Waals surface area contributed by atoms with Gasteiger partial charge in [-0.1, -0.05) is 17.7 Å². The van der Waals surface area contributed by atoms with Gasteiger partial charge >= 0.3 is 0 Å². The number of nitrogens with zero attached hydrogens (tertiary/aromatic N) is 2. The molecular formula is C24H23N2O2+. The minimum absolute atomic E-state index is 0.713. The Bertz CT molecular complexity index is 1140. The number of pyridine rings is 2. The molecule has 0 atom stereocenters. The van der Waals surface area contributed by atoms with E-state index in [1.54, 1.807) is 20.4 Å². The van der Waals surface area contributed by atoms with Gasteiger partial charge in [0.05, 0.1) is 25.8 Å². The molecule has 2 aromatic carbocycles. The fourth-order valence-corrected chi connectivity index (χ4v) is 3.62. The third-order valence-electron chi connectivity index (χ3n) is 4.98. The van der Waals surface area contributed by atoms with Crippen LogP contribution < -0.4 is 14.0 Å². The van der Waals surface area contributed by atoms with Crippen molar-refractivity contribution >= 4 is 10.8 Å². The minimum Gasteiger partial charge on any atom is -0.493 e. The molecule has 140 valence electrons. The van der Waals surface area contributed by atoms with Crippen LogP contribution in [0.1, 0.15) is 11.3 Å². The largest absolute Gasteiger partial charge is 0.493 e. The normalized spacial score (nSPS) is 10.9. The summed E-state index contributed by atoms with van der Waals surface area (Å²) in [4.78, 5) is 4.33. The average molecular weight is 371 g/mol. The van der Waals surface area contributed by atoms with E-state index in [1.165, 1.54) is 5.56 Å². The molecule has 4 aromatic rings. The molecule has 0 saturated carbocycles. The number of hydrogen-bond donors (Lipinski definition) is 0. The van der Waals surface area contributed by atoms with Gasteiger partial charge in [-0.25, -0.2) is 0 Å². The average Bonchev–Trinajstić information content (AvgIpc) is 2.73. The molecule has 4 heteroatoms. The first kappa shape index (κ1) is 18.0. The zero-order valence-electron chi connectivity index (χ0n) is 16.6. The molecule has 0 saturated heterocycles. The van der Waals surface area contributed by atoms with Crippen LogP contribution in [0.4, 0.5) is 0 Å². The van der Waals surface area contributed by atoms with Crippen LogP contribution in [0.3, 0.4) is 0 Å². The van der Waals surface area contributed by atoms with Crippen LogP contribution >= 0.6 is 0 Å². The molecule has 28 heavy (non-hydrogen) atoms. The summed E-state index contributed by atoms with van der Waals surface area (Å²) in [5, 5.41) is 2.20. The molecule has 4 nitrogen and oxygen atoms in total. The van der Waals surface area contributed by atoms with Gasteiger partial charge in [0.1, 0.15) is 0 Å². The summed E-state index contributed by atoms with van der Waals surface area (Å²) in [7, 11) is 3.33. The minimum atomic E-state index is 0.713. The lowest BCUT2D eigenvalue weighted by atomic mass is 10.00. The van der Waals surface area contributed by atoms with E-state index in [-0.39, 0.29) is 0 Å². The van der Waals surface area contributed by atoms with Crippen LogP contribution in [0, 0.1) is 13.8 Å². The number of benzene rings is 2. The Hall–Kier alpha value is -3.40. The van der Waals surface area contributed by atoms with Gasteiger partial charge in [0, 0.05) is 30.8 Å². The third kappa shape index (κ3) is 3.07. The van der Waals surface area contributed by atoms with Crippen molar-refractivity contribution in [2.24, 2.45) is 0 Å². The number of aromatic nitrogens is 2. The van der Waals surface area contributed by atoms with Gasteiger partial charge in [0.15, 0.2) is 17.2 Å². The van der Waals surface area contributed by atoms with Gasteiger partial charge in [-0.3, -0.25) is 4.98 Å². The Morgan fingerprint density at radius 3 is 2.21 bits per heavy atom. The van der Waals surface area contributed by atoms with Crippen molar-refractivity contribution in [1.29, 1.82) is 0 Å². The standard InChI is InChI=1S/C24H23N2O2/c1-16-7-9-18(10-8-16)24-21-14-23(28-4)22(27-3)13-19(21)12-17(2)26(24)20-6-5-11-25-15-20/h5-15H,1-4H3/q+1. The summed E-state index contributed by atoms with van der Waals surface area (Å²) in [6, 6.07) is 18.9. The molecule has 2 aromatic heterocycles. The Kier molecular flexibility index (Phi) is 4.70. The molecule has 0 radical (unpaired) electrons. The Balaban J connectivity index is 2.14. The third-order valence-corrected chi connectivity index (χ3v) is 4.98. The van der Waals surface area contributed by atoms with Crippen LogP contribution in [0.15, 0.2) is 67.0 Å². The molecule has 0 fully saturated rings. The smallest absolute Gasteiger partial charge is 0.229 e. The van der Waals surface area contributed by atoms with Crippen molar-refractivity contribution in [2.75, 3.05) is 14.2 Å². The molecule has 0 aliphatic carbocycles. The monoisotopic (exact) mass is 371 g/mol. The molecule has 0 spiro atoms. The van der Waals surface area contributed by atoms with Crippen LogP contribution in [0.2, 0.25) is 0 Å². The first-order valence-electron chi connectivity index (χ1n) is 9.21. The molecule has 0 unspecified atom stereocenters. The van der Waals surface area contributed by atoms with E-state index >= 15 is 0 Å². The van der Waals surface area contributed by atoms with Gasteiger partial charge in [-0.05, 0) is 42.6 Å². The molecule has 0 aliphatic heterocycles. The molecular weight excluding hydrogens is 348 g/mol. The van der Waals surface area contributed by atoms with Crippen molar-refractivity contribution in [1.82, 2.24) is 4.98 Å². The van der Waals surface area contributed by atoms with Crippen molar-refractivity contribution in [3.05, 3.63) is 78.2 Å². The zero-order chi connectivity index (χ0) is 19.7. The lowest BCUT2D eigenvalue weighted by Gasteiger charge is -2.13. The molecule has 0 amide bonds. The quantitative estimate of drug-likeness (QED) is 0.483. The fraction of sp³-hybridized carbons (Fsp3) is 0.167. The molecule has 0 N–H and O–H groups in total. The highest BCUT2D eigenvalue weighted by molar-refractivity contribution is 5.95. The van der Waals surface area contributed by atoms with Crippen LogP contribution in [-0.4, -0.2) is 19.2 Å². The van der Waals surface area contributed by atoms with E-state index in [4.69, 9.17) is 9.47 Å². The van der Waals surface area contributed by atoms with Crippen molar-refractivity contribution in [3.8, 4) is 28.4 Å². The van der Waals surface area contributed by atoms with Crippen LogP contribution in [-0.2, 0) is 0 Å². The maximum absolute atomic E-state index is 5.58. The molecule has 2 heterocycles. The predicted molar refractivity (Wildman–Crippen MR) is 111 cm³/mol. The molecule has 0 bridgehead atoms. The van der Waals surface area contributed by atoms with Gasteiger partial charge in [0.25, 0.3) is 0 Å². The number of aryl methyl sites for hydroxylation is 2. The maximum Gasteiger partial charge on any atom is 0.229 e. The number of rotatable bonds is 4. The Morgan fingerprint density at radius 1 is 0.857 bits per heavy atom. The van der Waals surface area contributed by atoms with E-state index < -0.39 is 0 Å². The van der Waals surface area contributed by atoms with Gasteiger partial charge in [0.2, 0.25) is 11.4 Å². The van der Waals surface area contributed by atoms with E-state index in [9.17, 15) is 0 Å². The highest BCUT2D eigenvalue weighted by atomic mass is 16.5. The highest BCUT2D eigenvalue weighted by Gasteiger charge is 2.24. The van der Waals surface area contributed by atoms with Crippen LogP contribution in [0.25, 0.3) is 27.7 Å². The predicted octanol–water partition coefficient (Wildman–Crippen LogP) is 4.81. The summed E-state index contributed by atoms with van der Waals surface area (Å²) in [6.07, 6.45) is 3.68. The number of hydrogen-bond acceptors (Lipinski definition) is 3. The van der Waals surface area contributed by atoms with Crippen molar-refractivity contribution < 1.29 is 14.0 Å².